The van der Waals surface area contributed by atoms with Gasteiger partial charge in [-0.1, -0.05) is 37.3 Å². The molecule has 0 radical (unpaired) electrons. The standard InChI is InChI=1S/C20H31N3O/c1-3-20(11-7-12-21-20)19(24)22-16(2)18-10-13-23(15-18)14-17-8-5-4-6-9-17/h4-6,8-9,16,18,21H,3,7,10-15H2,1-2H3,(H,22,24). The van der Waals surface area contributed by atoms with Crippen LogP contribution in [0.15, 0.2) is 30.3 Å². The molecule has 2 fully saturated rings. The third-order valence-corrected chi connectivity index (χ3v) is 5.91. The molecule has 0 aliphatic carbocycles. The minimum Gasteiger partial charge on any atom is -0.352 e. The molecular weight excluding hydrogens is 298 g/mol. The van der Waals surface area contributed by atoms with Crippen LogP contribution >= 0.6 is 0 Å². The molecule has 2 heterocycles. The lowest BCUT2D eigenvalue weighted by Gasteiger charge is -2.30. The average Bonchev–Trinajstić information content (AvgIpc) is 3.25. The van der Waals surface area contributed by atoms with Crippen LogP contribution in [-0.2, 0) is 11.3 Å². The molecule has 132 valence electrons. The van der Waals surface area contributed by atoms with Gasteiger partial charge >= 0.3 is 0 Å². The Bertz CT molecular complexity index is 539. The topological polar surface area (TPSA) is 44.4 Å². The van der Waals surface area contributed by atoms with Crippen molar-refractivity contribution in [2.24, 2.45) is 5.92 Å². The van der Waals surface area contributed by atoms with Gasteiger partial charge in [-0.15, -0.1) is 0 Å². The molecule has 1 aromatic carbocycles. The Morgan fingerprint density at radius 2 is 2.21 bits per heavy atom. The fourth-order valence-electron chi connectivity index (χ4n) is 4.18. The number of carbonyl (C=O) groups is 1. The van der Waals surface area contributed by atoms with Crippen molar-refractivity contribution in [1.29, 1.82) is 0 Å². The summed E-state index contributed by atoms with van der Waals surface area (Å²) in [5.74, 6) is 0.754. The Labute approximate surface area is 146 Å². The van der Waals surface area contributed by atoms with Gasteiger partial charge in [0.25, 0.3) is 0 Å². The highest BCUT2D eigenvalue weighted by Gasteiger charge is 2.40. The van der Waals surface area contributed by atoms with Crippen molar-refractivity contribution in [2.75, 3.05) is 19.6 Å². The predicted octanol–water partition coefficient (Wildman–Crippen LogP) is 2.55. The maximum absolute atomic E-state index is 12.8. The summed E-state index contributed by atoms with van der Waals surface area (Å²) in [5, 5.41) is 6.75. The summed E-state index contributed by atoms with van der Waals surface area (Å²) in [6, 6.07) is 10.9. The van der Waals surface area contributed by atoms with Gasteiger partial charge in [0.2, 0.25) is 5.91 Å². The number of nitrogens with zero attached hydrogens (tertiary/aromatic N) is 1. The number of carbonyl (C=O) groups excluding carboxylic acids is 1. The van der Waals surface area contributed by atoms with Crippen LogP contribution in [0.25, 0.3) is 0 Å². The van der Waals surface area contributed by atoms with Gasteiger partial charge in [0.1, 0.15) is 0 Å². The number of hydrogen-bond donors (Lipinski definition) is 2. The fourth-order valence-corrected chi connectivity index (χ4v) is 4.18. The first-order valence-electron chi connectivity index (χ1n) is 9.45. The predicted molar refractivity (Wildman–Crippen MR) is 97.7 cm³/mol. The Morgan fingerprint density at radius 3 is 2.88 bits per heavy atom. The Morgan fingerprint density at radius 1 is 1.42 bits per heavy atom. The van der Waals surface area contributed by atoms with Gasteiger partial charge < -0.3 is 10.6 Å². The van der Waals surface area contributed by atoms with Gasteiger partial charge in [-0.05, 0) is 57.2 Å². The van der Waals surface area contributed by atoms with Gasteiger partial charge in [0.15, 0.2) is 0 Å². The van der Waals surface area contributed by atoms with Crippen LogP contribution in [0.3, 0.4) is 0 Å². The van der Waals surface area contributed by atoms with E-state index in [1.165, 1.54) is 12.0 Å². The van der Waals surface area contributed by atoms with Crippen LogP contribution in [0.1, 0.15) is 45.1 Å². The molecular formula is C20H31N3O. The molecule has 0 saturated carbocycles. The third kappa shape index (κ3) is 3.81. The smallest absolute Gasteiger partial charge is 0.240 e. The number of hydrogen-bond acceptors (Lipinski definition) is 3. The number of benzene rings is 1. The molecule has 2 aliphatic rings. The molecule has 2 saturated heterocycles. The van der Waals surface area contributed by atoms with Gasteiger partial charge in [-0.2, -0.15) is 0 Å². The average molecular weight is 329 g/mol. The van der Waals surface area contributed by atoms with Crippen molar-refractivity contribution in [3.8, 4) is 0 Å². The van der Waals surface area contributed by atoms with Crippen LogP contribution in [0.4, 0.5) is 0 Å². The number of amides is 1. The van der Waals surface area contributed by atoms with Crippen LogP contribution in [0.5, 0.6) is 0 Å². The quantitative estimate of drug-likeness (QED) is 0.843. The molecule has 0 bridgehead atoms. The van der Waals surface area contributed by atoms with Crippen molar-refractivity contribution < 1.29 is 4.79 Å². The SMILES string of the molecule is CCC1(C(=O)NC(C)C2CCN(Cc3ccccc3)C2)CCCN1. The van der Waals surface area contributed by atoms with E-state index in [1.54, 1.807) is 0 Å². The summed E-state index contributed by atoms with van der Waals surface area (Å²) in [5.41, 5.74) is 1.05. The molecule has 4 nitrogen and oxygen atoms in total. The van der Waals surface area contributed by atoms with E-state index in [1.807, 2.05) is 0 Å². The second-order valence-corrected chi connectivity index (χ2v) is 7.50. The maximum atomic E-state index is 12.8. The van der Waals surface area contributed by atoms with E-state index >= 15 is 0 Å². The van der Waals surface area contributed by atoms with Crippen molar-refractivity contribution in [2.45, 2.75) is 57.7 Å². The summed E-state index contributed by atoms with van der Waals surface area (Å²) in [4.78, 5) is 15.3. The molecule has 3 atom stereocenters. The number of likely N-dealkylation sites (tertiary alicyclic amines) is 1. The summed E-state index contributed by atoms with van der Waals surface area (Å²) in [7, 11) is 0. The van der Waals surface area contributed by atoms with Crippen LogP contribution in [0, 0.1) is 5.92 Å². The van der Waals surface area contributed by atoms with E-state index in [-0.39, 0.29) is 17.5 Å². The first-order valence-corrected chi connectivity index (χ1v) is 9.45. The van der Waals surface area contributed by atoms with E-state index in [2.05, 4.69) is 59.7 Å². The molecule has 2 aliphatic heterocycles. The maximum Gasteiger partial charge on any atom is 0.240 e. The molecule has 3 unspecified atom stereocenters. The molecule has 3 rings (SSSR count). The van der Waals surface area contributed by atoms with Crippen LogP contribution in [0.2, 0.25) is 0 Å². The number of rotatable bonds is 6. The Kier molecular flexibility index (Phi) is 5.57. The van der Waals surface area contributed by atoms with Crippen molar-refractivity contribution in [3.05, 3.63) is 35.9 Å². The van der Waals surface area contributed by atoms with Crippen molar-refractivity contribution >= 4 is 5.91 Å². The Balaban J connectivity index is 1.51. The van der Waals surface area contributed by atoms with E-state index in [9.17, 15) is 4.79 Å². The lowest BCUT2D eigenvalue weighted by molar-refractivity contribution is -0.128. The van der Waals surface area contributed by atoms with Gasteiger partial charge in [-0.25, -0.2) is 0 Å². The van der Waals surface area contributed by atoms with Gasteiger partial charge in [0, 0.05) is 19.1 Å². The minimum absolute atomic E-state index is 0.205. The zero-order valence-electron chi connectivity index (χ0n) is 15.1. The molecule has 0 spiro atoms. The highest BCUT2D eigenvalue weighted by Crippen LogP contribution is 2.25. The van der Waals surface area contributed by atoms with E-state index < -0.39 is 0 Å². The summed E-state index contributed by atoms with van der Waals surface area (Å²) >= 11 is 0. The first-order chi connectivity index (χ1) is 11.6. The van der Waals surface area contributed by atoms with Crippen LogP contribution in [-0.4, -0.2) is 42.0 Å². The zero-order valence-corrected chi connectivity index (χ0v) is 15.1. The molecule has 1 aromatic rings. The summed E-state index contributed by atoms with van der Waals surface area (Å²) < 4.78 is 0. The van der Waals surface area contributed by atoms with E-state index in [0.717, 1.165) is 45.4 Å². The van der Waals surface area contributed by atoms with Gasteiger partial charge in [0.05, 0.1) is 5.54 Å². The molecule has 1 amide bonds. The third-order valence-electron chi connectivity index (χ3n) is 5.91. The van der Waals surface area contributed by atoms with Crippen molar-refractivity contribution in [1.82, 2.24) is 15.5 Å². The molecule has 24 heavy (non-hydrogen) atoms. The lowest BCUT2D eigenvalue weighted by Crippen LogP contribution is -2.56. The molecule has 4 heteroatoms. The second kappa shape index (κ2) is 7.66. The normalized spacial score (nSPS) is 28.8. The summed E-state index contributed by atoms with van der Waals surface area (Å²) in [6.07, 6.45) is 4.11. The first kappa shape index (κ1) is 17.4. The minimum atomic E-state index is -0.323. The highest BCUT2D eigenvalue weighted by molar-refractivity contribution is 5.86. The van der Waals surface area contributed by atoms with Crippen molar-refractivity contribution in [3.63, 3.8) is 0 Å². The largest absolute Gasteiger partial charge is 0.352 e. The zero-order chi connectivity index (χ0) is 17.0. The highest BCUT2D eigenvalue weighted by atomic mass is 16.2. The van der Waals surface area contributed by atoms with E-state index in [4.69, 9.17) is 0 Å². The van der Waals surface area contributed by atoms with Crippen LogP contribution < -0.4 is 10.6 Å². The Hall–Kier alpha value is -1.39. The second-order valence-electron chi connectivity index (χ2n) is 7.50. The number of nitrogens with one attached hydrogen (secondary N) is 2. The lowest BCUT2D eigenvalue weighted by atomic mass is 9.91. The van der Waals surface area contributed by atoms with Gasteiger partial charge in [-0.3, -0.25) is 9.69 Å². The summed E-state index contributed by atoms with van der Waals surface area (Å²) in [6.45, 7) is 8.45. The molecule has 0 aromatic heterocycles. The molecule has 2 N–H and O–H groups in total. The monoisotopic (exact) mass is 329 g/mol. The van der Waals surface area contributed by atoms with E-state index in [0.29, 0.717) is 5.92 Å². The fraction of sp³-hybridized carbons (Fsp3) is 0.650.